The topological polar surface area (TPSA) is 27.6 Å². The Bertz CT molecular complexity index is 596. The zero-order valence-corrected chi connectivity index (χ0v) is 17.3. The van der Waals surface area contributed by atoms with Crippen LogP contribution in [0.25, 0.3) is 0 Å². The van der Waals surface area contributed by atoms with Gasteiger partial charge in [-0.3, -0.25) is 4.99 Å². The number of aliphatic imine (C=N–C) groups is 1. The molecule has 1 aromatic carbocycles. The zero-order valence-electron chi connectivity index (χ0n) is 14.9. The van der Waals surface area contributed by atoms with E-state index in [1.807, 2.05) is 19.2 Å². The van der Waals surface area contributed by atoms with Gasteiger partial charge in [0.1, 0.15) is 5.82 Å². The highest BCUT2D eigenvalue weighted by atomic mass is 127. The van der Waals surface area contributed by atoms with E-state index in [-0.39, 0.29) is 35.2 Å². The molecule has 0 atom stereocenters. The fourth-order valence-corrected chi connectivity index (χ4v) is 3.94. The number of guanidine groups is 1. The van der Waals surface area contributed by atoms with Crippen LogP contribution in [-0.4, -0.2) is 37.5 Å². The molecule has 2 fully saturated rings. The second-order valence-corrected chi connectivity index (χ2v) is 7.79. The lowest BCUT2D eigenvalue weighted by molar-refractivity contribution is 0.151. The Balaban J connectivity index is 0.00000208. The van der Waals surface area contributed by atoms with Crippen LogP contribution in [-0.2, 0) is 5.41 Å². The molecule has 1 heterocycles. The van der Waals surface area contributed by atoms with Crippen molar-refractivity contribution in [1.29, 1.82) is 0 Å². The van der Waals surface area contributed by atoms with Crippen molar-refractivity contribution in [2.75, 3.05) is 26.7 Å². The first-order valence-corrected chi connectivity index (χ1v) is 8.66. The molecule has 1 spiro atoms. The molecule has 1 saturated carbocycles. The normalized spacial score (nSPS) is 19.8. The standard InChI is InChI=1S/C19H28FN3.HI/c1-18(2,15-7-4-5-8-16(15)20)13-22-17(21-3)23-12-11-19(14-23)9-6-10-19;/h4-5,7-8H,6,9-14H2,1-3H3,(H,21,22);1H. The minimum Gasteiger partial charge on any atom is -0.355 e. The van der Waals surface area contributed by atoms with Crippen LogP contribution in [0.2, 0.25) is 0 Å². The second kappa shape index (κ2) is 7.58. The highest BCUT2D eigenvalue weighted by Gasteiger charge is 2.43. The molecule has 0 amide bonds. The first-order valence-electron chi connectivity index (χ1n) is 8.66. The van der Waals surface area contributed by atoms with Gasteiger partial charge in [-0.05, 0) is 36.3 Å². The molecule has 1 N–H and O–H groups in total. The third kappa shape index (κ3) is 3.86. The van der Waals surface area contributed by atoms with Crippen molar-refractivity contribution in [2.24, 2.45) is 10.4 Å². The van der Waals surface area contributed by atoms with E-state index in [2.05, 4.69) is 29.1 Å². The highest BCUT2D eigenvalue weighted by molar-refractivity contribution is 14.0. The van der Waals surface area contributed by atoms with Gasteiger partial charge in [-0.25, -0.2) is 4.39 Å². The molecular formula is C19H29FIN3. The van der Waals surface area contributed by atoms with E-state index >= 15 is 0 Å². The molecule has 2 aliphatic rings. The van der Waals surface area contributed by atoms with Crippen molar-refractivity contribution >= 4 is 29.9 Å². The number of hydrogen-bond acceptors (Lipinski definition) is 1. The minimum atomic E-state index is -0.283. The van der Waals surface area contributed by atoms with Crippen molar-refractivity contribution in [3.8, 4) is 0 Å². The summed E-state index contributed by atoms with van der Waals surface area (Å²) in [4.78, 5) is 6.82. The summed E-state index contributed by atoms with van der Waals surface area (Å²) < 4.78 is 14.1. The summed E-state index contributed by atoms with van der Waals surface area (Å²) in [5.74, 6) is 0.821. The largest absolute Gasteiger partial charge is 0.355 e. The van der Waals surface area contributed by atoms with E-state index in [0.29, 0.717) is 12.0 Å². The van der Waals surface area contributed by atoms with E-state index in [1.165, 1.54) is 31.7 Å². The summed E-state index contributed by atoms with van der Waals surface area (Å²) in [6, 6.07) is 7.05. The Morgan fingerprint density at radius 2 is 2.00 bits per heavy atom. The molecule has 1 aromatic rings. The monoisotopic (exact) mass is 445 g/mol. The predicted octanol–water partition coefficient (Wildman–Crippen LogP) is 4.17. The van der Waals surface area contributed by atoms with E-state index in [9.17, 15) is 4.39 Å². The maximum absolute atomic E-state index is 14.1. The molecule has 0 radical (unpaired) electrons. The molecule has 1 saturated heterocycles. The molecule has 0 aromatic heterocycles. The molecule has 3 rings (SSSR count). The molecular weight excluding hydrogens is 416 g/mol. The van der Waals surface area contributed by atoms with Gasteiger partial charge in [0.25, 0.3) is 0 Å². The van der Waals surface area contributed by atoms with Gasteiger partial charge in [0.05, 0.1) is 0 Å². The van der Waals surface area contributed by atoms with Crippen LogP contribution in [0.5, 0.6) is 0 Å². The third-order valence-electron chi connectivity index (χ3n) is 5.66. The van der Waals surface area contributed by atoms with Crippen molar-refractivity contribution < 1.29 is 4.39 Å². The SMILES string of the molecule is CN=C(NCC(C)(C)c1ccccc1F)N1CCC2(CCC2)C1.I. The lowest BCUT2D eigenvalue weighted by Gasteiger charge is -2.38. The number of nitrogens with zero attached hydrogens (tertiary/aromatic N) is 2. The van der Waals surface area contributed by atoms with Crippen molar-refractivity contribution in [3.63, 3.8) is 0 Å². The number of halogens is 2. The fourth-order valence-electron chi connectivity index (χ4n) is 3.94. The number of benzene rings is 1. The number of rotatable bonds is 3. The van der Waals surface area contributed by atoms with E-state index in [0.717, 1.165) is 24.6 Å². The molecule has 0 unspecified atom stereocenters. The van der Waals surface area contributed by atoms with Crippen LogP contribution < -0.4 is 5.32 Å². The van der Waals surface area contributed by atoms with Gasteiger partial charge >= 0.3 is 0 Å². The maximum atomic E-state index is 14.1. The molecule has 3 nitrogen and oxygen atoms in total. The Morgan fingerprint density at radius 1 is 1.29 bits per heavy atom. The quantitative estimate of drug-likeness (QED) is 0.430. The number of hydrogen-bond donors (Lipinski definition) is 1. The number of nitrogens with one attached hydrogen (secondary N) is 1. The van der Waals surface area contributed by atoms with Gasteiger partial charge in [0.2, 0.25) is 0 Å². The fraction of sp³-hybridized carbons (Fsp3) is 0.632. The van der Waals surface area contributed by atoms with Crippen LogP contribution in [0.15, 0.2) is 29.3 Å². The van der Waals surface area contributed by atoms with Crippen LogP contribution in [0.1, 0.15) is 45.1 Å². The predicted molar refractivity (Wildman–Crippen MR) is 109 cm³/mol. The summed E-state index contributed by atoms with van der Waals surface area (Å²) in [6.07, 6.45) is 5.38. The van der Waals surface area contributed by atoms with Gasteiger partial charge < -0.3 is 10.2 Å². The van der Waals surface area contributed by atoms with Crippen LogP contribution >= 0.6 is 24.0 Å². The van der Waals surface area contributed by atoms with E-state index in [1.54, 1.807) is 6.07 Å². The summed E-state index contributed by atoms with van der Waals surface area (Å²) in [5, 5.41) is 3.47. The van der Waals surface area contributed by atoms with E-state index < -0.39 is 0 Å². The summed E-state index contributed by atoms with van der Waals surface area (Å²) in [6.45, 7) is 7.02. The minimum absolute atomic E-state index is 0. The average Bonchev–Trinajstić information content (AvgIpc) is 2.94. The zero-order chi connectivity index (χ0) is 16.5. The lowest BCUT2D eigenvalue weighted by Crippen LogP contribution is -2.46. The van der Waals surface area contributed by atoms with Gasteiger partial charge in [-0.15, -0.1) is 24.0 Å². The lowest BCUT2D eigenvalue weighted by atomic mass is 9.68. The van der Waals surface area contributed by atoms with Crippen molar-refractivity contribution in [2.45, 2.75) is 44.9 Å². The van der Waals surface area contributed by atoms with Crippen LogP contribution in [0.4, 0.5) is 4.39 Å². The molecule has 0 bridgehead atoms. The van der Waals surface area contributed by atoms with Gasteiger partial charge in [-0.1, -0.05) is 38.5 Å². The molecule has 24 heavy (non-hydrogen) atoms. The number of likely N-dealkylation sites (tertiary alicyclic amines) is 1. The first kappa shape index (κ1) is 19.5. The Kier molecular flexibility index (Phi) is 6.15. The molecule has 1 aliphatic carbocycles. The smallest absolute Gasteiger partial charge is 0.193 e. The van der Waals surface area contributed by atoms with Gasteiger partial charge in [0.15, 0.2) is 5.96 Å². The summed E-state index contributed by atoms with van der Waals surface area (Å²) in [7, 11) is 1.84. The highest BCUT2D eigenvalue weighted by Crippen LogP contribution is 2.47. The van der Waals surface area contributed by atoms with Gasteiger partial charge in [0, 0.05) is 32.1 Å². The van der Waals surface area contributed by atoms with Crippen LogP contribution in [0, 0.1) is 11.2 Å². The first-order chi connectivity index (χ1) is 11.0. The van der Waals surface area contributed by atoms with E-state index in [4.69, 9.17) is 0 Å². The van der Waals surface area contributed by atoms with Crippen molar-refractivity contribution in [1.82, 2.24) is 10.2 Å². The molecule has 5 heteroatoms. The Labute approximate surface area is 162 Å². The van der Waals surface area contributed by atoms with Gasteiger partial charge in [-0.2, -0.15) is 0 Å². The summed E-state index contributed by atoms with van der Waals surface area (Å²) in [5.41, 5.74) is 1.02. The molecule has 1 aliphatic heterocycles. The summed E-state index contributed by atoms with van der Waals surface area (Å²) >= 11 is 0. The van der Waals surface area contributed by atoms with Crippen molar-refractivity contribution in [3.05, 3.63) is 35.6 Å². The maximum Gasteiger partial charge on any atom is 0.193 e. The van der Waals surface area contributed by atoms with Crippen LogP contribution in [0.3, 0.4) is 0 Å². The third-order valence-corrected chi connectivity index (χ3v) is 5.66. The Morgan fingerprint density at radius 3 is 2.54 bits per heavy atom. The average molecular weight is 445 g/mol. The Hall–Kier alpha value is -0.850. The second-order valence-electron chi connectivity index (χ2n) is 7.79. The molecule has 134 valence electrons.